The fourth-order valence-electron chi connectivity index (χ4n) is 2.18. The van der Waals surface area contributed by atoms with Crippen LogP contribution in [0.5, 0.6) is 5.88 Å². The first-order chi connectivity index (χ1) is 10.0. The van der Waals surface area contributed by atoms with E-state index in [9.17, 15) is 4.79 Å². The Bertz CT molecular complexity index is 660. The van der Waals surface area contributed by atoms with Crippen molar-refractivity contribution in [1.82, 2.24) is 15.0 Å². The van der Waals surface area contributed by atoms with Gasteiger partial charge < -0.3 is 9.72 Å². The van der Waals surface area contributed by atoms with E-state index >= 15 is 0 Å². The molecule has 0 atom stereocenters. The molecule has 0 fully saturated rings. The summed E-state index contributed by atoms with van der Waals surface area (Å²) in [5.74, 6) is 1.29. The van der Waals surface area contributed by atoms with Gasteiger partial charge in [-0.15, -0.1) is 0 Å². The highest BCUT2D eigenvalue weighted by molar-refractivity contribution is 5.63. The molecule has 0 bridgehead atoms. The third-order valence-corrected chi connectivity index (χ3v) is 3.02. The number of rotatable bonds is 5. The zero-order valence-corrected chi connectivity index (χ0v) is 12.9. The average Bonchev–Trinajstić information content (AvgIpc) is 2.39. The highest BCUT2D eigenvalue weighted by Gasteiger charge is 2.11. The van der Waals surface area contributed by atoms with Gasteiger partial charge in [-0.2, -0.15) is 0 Å². The second kappa shape index (κ2) is 6.52. The van der Waals surface area contributed by atoms with Crippen LogP contribution in [-0.2, 0) is 6.42 Å². The number of aromatic amines is 1. The van der Waals surface area contributed by atoms with Gasteiger partial charge in [0.1, 0.15) is 5.82 Å². The maximum atomic E-state index is 12.2. The summed E-state index contributed by atoms with van der Waals surface area (Å²) in [6.07, 6.45) is 3.44. The molecule has 0 aliphatic rings. The Labute approximate surface area is 124 Å². The van der Waals surface area contributed by atoms with E-state index in [2.05, 4.69) is 21.9 Å². The molecule has 0 aliphatic heterocycles. The Kier molecular flexibility index (Phi) is 4.73. The molecule has 21 heavy (non-hydrogen) atoms. The van der Waals surface area contributed by atoms with Crippen LogP contribution in [-0.4, -0.2) is 21.1 Å². The van der Waals surface area contributed by atoms with Gasteiger partial charge in [0.15, 0.2) is 0 Å². The highest BCUT2D eigenvalue weighted by atomic mass is 16.5. The van der Waals surface area contributed by atoms with Crippen LogP contribution in [0.3, 0.4) is 0 Å². The van der Waals surface area contributed by atoms with Gasteiger partial charge in [-0.1, -0.05) is 6.92 Å². The lowest BCUT2D eigenvalue weighted by molar-refractivity contribution is 0.232. The van der Waals surface area contributed by atoms with E-state index in [1.807, 2.05) is 26.8 Å². The van der Waals surface area contributed by atoms with E-state index in [1.54, 1.807) is 12.3 Å². The number of nitrogens with zero attached hydrogens (tertiary/aromatic N) is 2. The van der Waals surface area contributed by atoms with Crippen LogP contribution in [0.1, 0.15) is 38.7 Å². The molecule has 0 saturated carbocycles. The van der Waals surface area contributed by atoms with Crippen LogP contribution >= 0.6 is 0 Å². The molecule has 2 aromatic heterocycles. The molecule has 112 valence electrons. The molecule has 5 heteroatoms. The van der Waals surface area contributed by atoms with E-state index in [1.165, 1.54) is 0 Å². The van der Waals surface area contributed by atoms with Crippen molar-refractivity contribution < 1.29 is 4.74 Å². The Morgan fingerprint density at radius 3 is 2.62 bits per heavy atom. The first-order valence-corrected chi connectivity index (χ1v) is 7.24. The molecular weight excluding hydrogens is 266 g/mol. The van der Waals surface area contributed by atoms with Crippen molar-refractivity contribution in [3.63, 3.8) is 0 Å². The second-order valence-electron chi connectivity index (χ2n) is 5.27. The Morgan fingerprint density at radius 2 is 2.10 bits per heavy atom. The van der Waals surface area contributed by atoms with E-state index in [0.29, 0.717) is 11.4 Å². The predicted octanol–water partition coefficient (Wildman–Crippen LogP) is 2.88. The Balaban J connectivity index is 2.36. The highest BCUT2D eigenvalue weighted by Crippen LogP contribution is 2.20. The number of hydrogen-bond donors (Lipinski definition) is 1. The SMILES string of the molecule is CCCc1nc(C)c(-c2ccc(OC(C)C)nc2)c(=O)[nH]1. The minimum absolute atomic E-state index is 0.0727. The van der Waals surface area contributed by atoms with Gasteiger partial charge in [-0.3, -0.25) is 4.79 Å². The fourth-order valence-corrected chi connectivity index (χ4v) is 2.18. The third kappa shape index (κ3) is 3.68. The first-order valence-electron chi connectivity index (χ1n) is 7.24. The predicted molar refractivity (Wildman–Crippen MR) is 82.6 cm³/mol. The number of nitrogens with one attached hydrogen (secondary N) is 1. The minimum atomic E-state index is -0.120. The van der Waals surface area contributed by atoms with Crippen LogP contribution in [0.15, 0.2) is 23.1 Å². The molecule has 0 radical (unpaired) electrons. The van der Waals surface area contributed by atoms with E-state index in [-0.39, 0.29) is 11.7 Å². The monoisotopic (exact) mass is 287 g/mol. The fraction of sp³-hybridized carbons (Fsp3) is 0.438. The summed E-state index contributed by atoms with van der Waals surface area (Å²) in [4.78, 5) is 23.8. The summed E-state index contributed by atoms with van der Waals surface area (Å²) in [7, 11) is 0. The molecule has 0 spiro atoms. The number of aromatic nitrogens is 3. The van der Waals surface area contributed by atoms with Gasteiger partial charge in [0.2, 0.25) is 5.88 Å². The molecule has 0 amide bonds. The van der Waals surface area contributed by atoms with Crippen molar-refractivity contribution >= 4 is 0 Å². The Morgan fingerprint density at radius 1 is 1.33 bits per heavy atom. The summed E-state index contributed by atoms with van der Waals surface area (Å²) >= 11 is 0. The number of pyridine rings is 1. The van der Waals surface area contributed by atoms with Crippen molar-refractivity contribution in [2.75, 3.05) is 0 Å². The molecule has 2 heterocycles. The topological polar surface area (TPSA) is 67.9 Å². The zero-order valence-electron chi connectivity index (χ0n) is 12.9. The van der Waals surface area contributed by atoms with E-state index < -0.39 is 0 Å². The molecule has 1 N–H and O–H groups in total. The van der Waals surface area contributed by atoms with Crippen molar-refractivity contribution in [2.45, 2.75) is 46.6 Å². The molecule has 5 nitrogen and oxygen atoms in total. The van der Waals surface area contributed by atoms with E-state index in [0.717, 1.165) is 29.9 Å². The van der Waals surface area contributed by atoms with Crippen molar-refractivity contribution in [3.8, 4) is 17.0 Å². The van der Waals surface area contributed by atoms with Crippen LogP contribution in [0.2, 0.25) is 0 Å². The lowest BCUT2D eigenvalue weighted by Gasteiger charge is -2.10. The zero-order chi connectivity index (χ0) is 15.4. The largest absolute Gasteiger partial charge is 0.475 e. The van der Waals surface area contributed by atoms with E-state index in [4.69, 9.17) is 4.74 Å². The van der Waals surface area contributed by atoms with Crippen LogP contribution < -0.4 is 10.3 Å². The van der Waals surface area contributed by atoms with Crippen LogP contribution in [0.4, 0.5) is 0 Å². The third-order valence-electron chi connectivity index (χ3n) is 3.02. The molecule has 0 aromatic carbocycles. The lowest BCUT2D eigenvalue weighted by atomic mass is 10.1. The summed E-state index contributed by atoms with van der Waals surface area (Å²) in [5.41, 5.74) is 1.92. The Hall–Kier alpha value is -2.17. The van der Waals surface area contributed by atoms with Crippen LogP contribution in [0, 0.1) is 6.92 Å². The maximum Gasteiger partial charge on any atom is 0.259 e. The number of ether oxygens (including phenoxy) is 1. The van der Waals surface area contributed by atoms with Gasteiger partial charge in [0, 0.05) is 24.2 Å². The maximum absolute atomic E-state index is 12.2. The van der Waals surface area contributed by atoms with Gasteiger partial charge >= 0.3 is 0 Å². The average molecular weight is 287 g/mol. The van der Waals surface area contributed by atoms with Crippen molar-refractivity contribution in [3.05, 3.63) is 40.2 Å². The number of H-pyrrole nitrogens is 1. The van der Waals surface area contributed by atoms with Gasteiger partial charge in [0.25, 0.3) is 5.56 Å². The molecule has 0 unspecified atom stereocenters. The van der Waals surface area contributed by atoms with Gasteiger partial charge in [0.05, 0.1) is 17.4 Å². The molecule has 2 aromatic rings. The summed E-state index contributed by atoms with van der Waals surface area (Å²) in [6.45, 7) is 7.80. The molecule has 0 saturated heterocycles. The first kappa shape index (κ1) is 15.2. The smallest absolute Gasteiger partial charge is 0.259 e. The standard InChI is InChI=1S/C16H21N3O2/c1-5-6-13-18-11(4)15(16(20)19-13)12-7-8-14(17-9-12)21-10(2)3/h7-10H,5-6H2,1-4H3,(H,18,19,20). The summed E-state index contributed by atoms with van der Waals surface area (Å²) in [6, 6.07) is 3.61. The van der Waals surface area contributed by atoms with Crippen molar-refractivity contribution in [1.29, 1.82) is 0 Å². The van der Waals surface area contributed by atoms with Crippen LogP contribution in [0.25, 0.3) is 11.1 Å². The van der Waals surface area contributed by atoms with Crippen molar-refractivity contribution in [2.24, 2.45) is 0 Å². The minimum Gasteiger partial charge on any atom is -0.475 e. The number of aryl methyl sites for hydroxylation is 2. The molecule has 2 rings (SSSR count). The summed E-state index contributed by atoms with van der Waals surface area (Å²) in [5, 5.41) is 0. The summed E-state index contributed by atoms with van der Waals surface area (Å²) < 4.78 is 5.50. The second-order valence-corrected chi connectivity index (χ2v) is 5.27. The van der Waals surface area contributed by atoms with Gasteiger partial charge in [-0.05, 0) is 33.3 Å². The normalized spacial score (nSPS) is 10.9. The quantitative estimate of drug-likeness (QED) is 0.918. The molecule has 0 aliphatic carbocycles. The van der Waals surface area contributed by atoms with Gasteiger partial charge in [-0.25, -0.2) is 9.97 Å². The molecular formula is C16H21N3O2. The number of hydrogen-bond acceptors (Lipinski definition) is 4. The lowest BCUT2D eigenvalue weighted by Crippen LogP contribution is -2.16.